The number of ether oxygens (including phenoxy) is 1. The monoisotopic (exact) mass is 357 g/mol. The number of nitrogens with one attached hydrogen (secondary N) is 1. The first-order valence-corrected chi connectivity index (χ1v) is 8.73. The van der Waals surface area contributed by atoms with E-state index < -0.39 is 0 Å². The second-order valence-corrected chi connectivity index (χ2v) is 6.58. The molecule has 2 aromatic rings. The lowest BCUT2D eigenvalue weighted by Crippen LogP contribution is -2.44. The van der Waals surface area contributed by atoms with Crippen molar-refractivity contribution in [2.24, 2.45) is 0 Å². The first kappa shape index (κ1) is 18.2. The predicted molar refractivity (Wildman–Crippen MR) is 101 cm³/mol. The minimum Gasteiger partial charge on any atom is -0.484 e. The van der Waals surface area contributed by atoms with Gasteiger partial charge in [0.25, 0.3) is 5.91 Å². The number of hydrogen-bond acceptors (Lipinski definition) is 4. The van der Waals surface area contributed by atoms with Gasteiger partial charge in [-0.05, 0) is 62.0 Å². The van der Waals surface area contributed by atoms with E-state index in [9.17, 15) is 9.18 Å². The van der Waals surface area contributed by atoms with Crippen molar-refractivity contribution in [3.8, 4) is 5.75 Å². The van der Waals surface area contributed by atoms with Crippen molar-refractivity contribution in [1.29, 1.82) is 0 Å². The molecule has 1 fully saturated rings. The lowest BCUT2D eigenvalue weighted by atomic mass is 10.1. The number of hydrogen-bond donors (Lipinski definition) is 1. The topological polar surface area (TPSA) is 44.8 Å². The van der Waals surface area contributed by atoms with Crippen molar-refractivity contribution in [1.82, 2.24) is 4.90 Å². The minimum absolute atomic E-state index is 0.120. The first-order valence-electron chi connectivity index (χ1n) is 8.73. The van der Waals surface area contributed by atoms with Crippen LogP contribution in [0.5, 0.6) is 5.75 Å². The fourth-order valence-corrected chi connectivity index (χ4v) is 3.01. The molecule has 0 spiro atoms. The molecule has 1 heterocycles. The summed E-state index contributed by atoms with van der Waals surface area (Å²) in [6.07, 6.45) is 0. The number of carbonyl (C=O) groups excluding carboxylic acids is 1. The van der Waals surface area contributed by atoms with E-state index in [2.05, 4.69) is 35.2 Å². The van der Waals surface area contributed by atoms with E-state index in [1.54, 1.807) is 0 Å². The molecule has 2 aromatic carbocycles. The van der Waals surface area contributed by atoms with Crippen LogP contribution in [0, 0.1) is 12.7 Å². The molecular weight excluding hydrogens is 333 g/mol. The molecule has 0 saturated carbocycles. The number of benzene rings is 2. The summed E-state index contributed by atoms with van der Waals surface area (Å²) in [5.74, 6) is -0.123. The lowest BCUT2D eigenvalue weighted by Gasteiger charge is -2.35. The van der Waals surface area contributed by atoms with Gasteiger partial charge in [0.2, 0.25) is 0 Å². The van der Waals surface area contributed by atoms with E-state index in [1.165, 1.54) is 30.0 Å². The second-order valence-electron chi connectivity index (χ2n) is 6.58. The molecule has 6 heteroatoms. The van der Waals surface area contributed by atoms with E-state index in [0.717, 1.165) is 37.4 Å². The summed E-state index contributed by atoms with van der Waals surface area (Å²) in [5.41, 5.74) is 3.08. The number of halogens is 1. The van der Waals surface area contributed by atoms with Crippen molar-refractivity contribution in [3.05, 3.63) is 53.8 Å². The predicted octanol–water partition coefficient (Wildman–Crippen LogP) is 2.90. The van der Waals surface area contributed by atoms with Crippen LogP contribution >= 0.6 is 0 Å². The molecule has 0 aliphatic carbocycles. The molecule has 0 unspecified atom stereocenters. The fourth-order valence-electron chi connectivity index (χ4n) is 3.01. The van der Waals surface area contributed by atoms with Gasteiger partial charge >= 0.3 is 0 Å². The average Bonchev–Trinajstić information content (AvgIpc) is 2.62. The SMILES string of the molecule is Cc1cc(NC(=O)COc2ccc(F)cc2)ccc1N1CCN(C)CC1. The van der Waals surface area contributed by atoms with Gasteiger partial charge in [0.1, 0.15) is 11.6 Å². The Labute approximate surface area is 153 Å². The van der Waals surface area contributed by atoms with E-state index >= 15 is 0 Å². The van der Waals surface area contributed by atoms with Crippen molar-refractivity contribution in [3.63, 3.8) is 0 Å². The van der Waals surface area contributed by atoms with Crippen LogP contribution in [-0.2, 0) is 4.79 Å². The molecule has 26 heavy (non-hydrogen) atoms. The van der Waals surface area contributed by atoms with Crippen molar-refractivity contribution >= 4 is 17.3 Å². The molecule has 0 atom stereocenters. The van der Waals surface area contributed by atoms with Gasteiger partial charge in [0.05, 0.1) is 0 Å². The minimum atomic E-state index is -0.335. The third kappa shape index (κ3) is 4.73. The molecule has 1 N–H and O–H groups in total. The maximum atomic E-state index is 12.9. The van der Waals surface area contributed by atoms with Crippen molar-refractivity contribution < 1.29 is 13.9 Å². The third-order valence-corrected chi connectivity index (χ3v) is 4.51. The second kappa shape index (κ2) is 8.19. The molecule has 3 rings (SSSR count). The van der Waals surface area contributed by atoms with Crippen LogP contribution < -0.4 is 15.0 Å². The Kier molecular flexibility index (Phi) is 5.73. The highest BCUT2D eigenvalue weighted by Crippen LogP contribution is 2.24. The van der Waals surface area contributed by atoms with Crippen LogP contribution in [0.25, 0.3) is 0 Å². The third-order valence-electron chi connectivity index (χ3n) is 4.51. The fraction of sp³-hybridized carbons (Fsp3) is 0.350. The summed E-state index contributed by atoms with van der Waals surface area (Å²) in [6, 6.07) is 11.5. The average molecular weight is 357 g/mol. The van der Waals surface area contributed by atoms with E-state index in [1.807, 2.05) is 12.1 Å². The zero-order valence-electron chi connectivity index (χ0n) is 15.2. The Morgan fingerprint density at radius 1 is 1.12 bits per heavy atom. The molecule has 0 aromatic heterocycles. The van der Waals surface area contributed by atoms with Gasteiger partial charge in [-0.1, -0.05) is 0 Å². The molecule has 0 radical (unpaired) electrons. The molecule has 1 aliphatic heterocycles. The van der Waals surface area contributed by atoms with Gasteiger partial charge in [-0.2, -0.15) is 0 Å². The summed E-state index contributed by atoms with van der Waals surface area (Å²) in [4.78, 5) is 16.8. The van der Waals surface area contributed by atoms with Crippen LogP contribution in [0.4, 0.5) is 15.8 Å². The standard InChI is InChI=1S/C20H24FN3O2/c1-15-13-17(5-8-19(15)24-11-9-23(2)10-12-24)22-20(25)14-26-18-6-3-16(21)4-7-18/h3-8,13H,9-12,14H2,1-2H3,(H,22,25). The normalized spacial score (nSPS) is 15.0. The number of amides is 1. The van der Waals surface area contributed by atoms with E-state index in [4.69, 9.17) is 4.74 Å². The van der Waals surface area contributed by atoms with Crippen LogP contribution in [0.15, 0.2) is 42.5 Å². The van der Waals surface area contributed by atoms with Gasteiger partial charge < -0.3 is 19.9 Å². The summed E-state index contributed by atoms with van der Waals surface area (Å²) in [6.45, 7) is 6.06. The molecule has 1 aliphatic rings. The maximum Gasteiger partial charge on any atom is 0.262 e. The number of likely N-dealkylation sites (N-methyl/N-ethyl adjacent to an activating group) is 1. The zero-order chi connectivity index (χ0) is 18.5. The summed E-state index contributed by atoms with van der Waals surface area (Å²) in [7, 11) is 2.14. The lowest BCUT2D eigenvalue weighted by molar-refractivity contribution is -0.118. The van der Waals surface area contributed by atoms with Crippen molar-refractivity contribution in [2.75, 3.05) is 50.1 Å². The Morgan fingerprint density at radius 3 is 2.46 bits per heavy atom. The molecule has 1 saturated heterocycles. The van der Waals surface area contributed by atoms with Crippen LogP contribution in [0.2, 0.25) is 0 Å². The molecular formula is C20H24FN3O2. The van der Waals surface area contributed by atoms with E-state index in [0.29, 0.717) is 5.75 Å². The quantitative estimate of drug-likeness (QED) is 0.894. The molecule has 0 bridgehead atoms. The van der Waals surface area contributed by atoms with E-state index in [-0.39, 0.29) is 18.3 Å². The number of carbonyl (C=O) groups is 1. The largest absolute Gasteiger partial charge is 0.484 e. The summed E-state index contributed by atoms with van der Waals surface area (Å²) in [5, 5.41) is 2.84. The van der Waals surface area contributed by atoms with Crippen LogP contribution in [0.1, 0.15) is 5.56 Å². The molecule has 5 nitrogen and oxygen atoms in total. The van der Waals surface area contributed by atoms with Crippen LogP contribution in [-0.4, -0.2) is 50.6 Å². The highest BCUT2D eigenvalue weighted by atomic mass is 19.1. The smallest absolute Gasteiger partial charge is 0.262 e. The first-order chi connectivity index (χ1) is 12.5. The number of nitrogens with zero attached hydrogens (tertiary/aromatic N) is 2. The van der Waals surface area contributed by atoms with Gasteiger partial charge in [0, 0.05) is 37.6 Å². The molecule has 138 valence electrons. The van der Waals surface area contributed by atoms with Gasteiger partial charge in [-0.25, -0.2) is 4.39 Å². The Hall–Kier alpha value is -2.60. The number of piperazine rings is 1. The summed E-state index contributed by atoms with van der Waals surface area (Å²) < 4.78 is 18.2. The Bertz CT molecular complexity index is 756. The maximum absolute atomic E-state index is 12.9. The Balaban J connectivity index is 1.55. The van der Waals surface area contributed by atoms with Gasteiger partial charge in [-0.3, -0.25) is 4.79 Å². The highest BCUT2D eigenvalue weighted by Gasteiger charge is 2.16. The van der Waals surface area contributed by atoms with Crippen LogP contribution in [0.3, 0.4) is 0 Å². The highest BCUT2D eigenvalue weighted by molar-refractivity contribution is 5.92. The zero-order valence-corrected chi connectivity index (χ0v) is 15.2. The molecule has 1 amide bonds. The summed E-state index contributed by atoms with van der Waals surface area (Å²) >= 11 is 0. The number of anilines is 2. The number of rotatable bonds is 5. The van der Waals surface area contributed by atoms with Crippen molar-refractivity contribution in [2.45, 2.75) is 6.92 Å². The number of aryl methyl sites for hydroxylation is 1. The van der Waals surface area contributed by atoms with Gasteiger partial charge in [-0.15, -0.1) is 0 Å². The Morgan fingerprint density at radius 2 is 1.81 bits per heavy atom. The van der Waals surface area contributed by atoms with Gasteiger partial charge in [0.15, 0.2) is 6.61 Å².